The van der Waals surface area contributed by atoms with Crippen LogP contribution in [0.3, 0.4) is 0 Å². The molecule has 76 valence electrons. The number of nitrogens with one attached hydrogen (secondary N) is 1. The Hall–Kier alpha value is -2.17. The van der Waals surface area contributed by atoms with E-state index in [1.165, 1.54) is 25.7 Å². The van der Waals surface area contributed by atoms with Crippen LogP contribution in [0.5, 0.6) is 5.75 Å². The number of methoxy groups -OCH3 is 1. The largest absolute Gasteiger partial charge is 0.496 e. The highest BCUT2D eigenvalue weighted by atomic mass is 16.5. The van der Waals surface area contributed by atoms with Crippen molar-refractivity contribution in [2.24, 2.45) is 0 Å². The lowest BCUT2D eigenvalue weighted by Crippen LogP contribution is -2.03. The molecule has 0 atom stereocenters. The average Bonchev–Trinajstić information content (AvgIpc) is 2.81. The number of aromatic nitrogens is 3. The maximum atomic E-state index is 11.9. The third-order valence-corrected chi connectivity index (χ3v) is 2.01. The lowest BCUT2D eigenvalue weighted by atomic mass is 10.1. The molecule has 2 heterocycles. The number of ether oxygens (including phenoxy) is 1. The van der Waals surface area contributed by atoms with Gasteiger partial charge in [-0.1, -0.05) is 0 Å². The highest BCUT2D eigenvalue weighted by Crippen LogP contribution is 2.19. The number of nitrogens with zero attached hydrogens (tertiary/aromatic N) is 2. The molecule has 15 heavy (non-hydrogen) atoms. The zero-order chi connectivity index (χ0) is 10.7. The Morgan fingerprint density at radius 2 is 2.33 bits per heavy atom. The van der Waals surface area contributed by atoms with E-state index >= 15 is 0 Å². The summed E-state index contributed by atoms with van der Waals surface area (Å²) in [6.45, 7) is 0. The number of hydrogen-bond acceptors (Lipinski definition) is 4. The van der Waals surface area contributed by atoms with Crippen molar-refractivity contribution in [1.29, 1.82) is 0 Å². The van der Waals surface area contributed by atoms with Crippen LogP contribution in [0, 0.1) is 0 Å². The molecule has 0 saturated heterocycles. The van der Waals surface area contributed by atoms with Gasteiger partial charge in [-0.25, -0.2) is 0 Å². The van der Waals surface area contributed by atoms with Crippen LogP contribution in [0.2, 0.25) is 0 Å². The molecule has 0 saturated carbocycles. The molecule has 5 heteroatoms. The summed E-state index contributed by atoms with van der Waals surface area (Å²) < 4.78 is 5.07. The van der Waals surface area contributed by atoms with E-state index in [-0.39, 0.29) is 5.78 Å². The Labute approximate surface area is 86.1 Å². The van der Waals surface area contributed by atoms with E-state index in [0.717, 1.165) is 0 Å². The van der Waals surface area contributed by atoms with Crippen LogP contribution < -0.4 is 4.74 Å². The summed E-state index contributed by atoms with van der Waals surface area (Å²) in [6, 6.07) is 1.65. The number of H-pyrrole nitrogens is 1. The van der Waals surface area contributed by atoms with Crippen molar-refractivity contribution in [2.75, 3.05) is 7.11 Å². The SMILES string of the molecule is COc1ccncc1C(=O)c1cn[nH]c1. The molecule has 2 rings (SSSR count). The molecule has 0 spiro atoms. The van der Waals surface area contributed by atoms with Crippen molar-refractivity contribution in [3.63, 3.8) is 0 Å². The number of carbonyl (C=O) groups excluding carboxylic acids is 1. The van der Waals surface area contributed by atoms with Crippen LogP contribution in [0.25, 0.3) is 0 Å². The minimum atomic E-state index is -0.159. The molecule has 0 radical (unpaired) electrons. The van der Waals surface area contributed by atoms with Crippen LogP contribution in [-0.2, 0) is 0 Å². The van der Waals surface area contributed by atoms with E-state index in [9.17, 15) is 4.79 Å². The lowest BCUT2D eigenvalue weighted by Gasteiger charge is -2.04. The zero-order valence-electron chi connectivity index (χ0n) is 8.10. The molecule has 0 aliphatic carbocycles. The molecule has 2 aromatic heterocycles. The number of pyridine rings is 1. The molecule has 0 amide bonds. The van der Waals surface area contributed by atoms with Gasteiger partial charge in [0.15, 0.2) is 0 Å². The van der Waals surface area contributed by atoms with E-state index in [0.29, 0.717) is 16.9 Å². The number of ketones is 1. The van der Waals surface area contributed by atoms with Gasteiger partial charge in [-0.2, -0.15) is 5.10 Å². The Morgan fingerprint density at radius 3 is 3.00 bits per heavy atom. The molecular formula is C10H9N3O2. The Morgan fingerprint density at radius 1 is 1.47 bits per heavy atom. The molecule has 2 aromatic rings. The topological polar surface area (TPSA) is 67.9 Å². The number of aromatic amines is 1. The van der Waals surface area contributed by atoms with Crippen molar-refractivity contribution in [3.05, 3.63) is 42.0 Å². The fourth-order valence-corrected chi connectivity index (χ4v) is 1.26. The lowest BCUT2D eigenvalue weighted by molar-refractivity contribution is 0.103. The van der Waals surface area contributed by atoms with Crippen LogP contribution in [0.1, 0.15) is 15.9 Å². The maximum absolute atomic E-state index is 11.9. The third kappa shape index (κ3) is 1.71. The third-order valence-electron chi connectivity index (χ3n) is 2.01. The van der Waals surface area contributed by atoms with Gasteiger partial charge in [-0.3, -0.25) is 14.9 Å². The zero-order valence-corrected chi connectivity index (χ0v) is 8.10. The molecule has 1 N–H and O–H groups in total. The first-order valence-corrected chi connectivity index (χ1v) is 4.34. The van der Waals surface area contributed by atoms with Crippen molar-refractivity contribution in [2.45, 2.75) is 0 Å². The standard InChI is InChI=1S/C10H9N3O2/c1-15-9-2-3-11-6-8(9)10(14)7-4-12-13-5-7/h2-6H,1H3,(H,12,13). The average molecular weight is 203 g/mol. The Kier molecular flexibility index (Phi) is 2.45. The Bertz CT molecular complexity index is 465. The fourth-order valence-electron chi connectivity index (χ4n) is 1.26. The minimum absolute atomic E-state index is 0.159. The molecule has 0 aliphatic heterocycles. The number of hydrogen-bond donors (Lipinski definition) is 1. The fraction of sp³-hybridized carbons (Fsp3) is 0.100. The van der Waals surface area contributed by atoms with Gasteiger partial charge >= 0.3 is 0 Å². The summed E-state index contributed by atoms with van der Waals surface area (Å²) >= 11 is 0. The predicted octanol–water partition coefficient (Wildman–Crippen LogP) is 1.04. The summed E-state index contributed by atoms with van der Waals surface area (Å²) in [7, 11) is 1.52. The first-order valence-electron chi connectivity index (χ1n) is 4.34. The monoisotopic (exact) mass is 203 g/mol. The summed E-state index contributed by atoms with van der Waals surface area (Å²) in [5.41, 5.74) is 0.919. The van der Waals surface area contributed by atoms with E-state index in [2.05, 4.69) is 15.2 Å². The van der Waals surface area contributed by atoms with Gasteiger partial charge in [0.1, 0.15) is 5.75 Å². The first-order chi connectivity index (χ1) is 7.33. The van der Waals surface area contributed by atoms with E-state index in [1.54, 1.807) is 12.3 Å². The van der Waals surface area contributed by atoms with E-state index in [1.807, 2.05) is 0 Å². The summed E-state index contributed by atoms with van der Waals surface area (Å²) in [4.78, 5) is 15.8. The van der Waals surface area contributed by atoms with Crippen molar-refractivity contribution >= 4 is 5.78 Å². The highest BCUT2D eigenvalue weighted by Gasteiger charge is 2.14. The quantitative estimate of drug-likeness (QED) is 0.757. The minimum Gasteiger partial charge on any atom is -0.496 e. The summed E-state index contributed by atoms with van der Waals surface area (Å²) in [6.07, 6.45) is 6.06. The molecule has 0 aromatic carbocycles. The van der Waals surface area contributed by atoms with Crippen molar-refractivity contribution in [3.8, 4) is 5.75 Å². The summed E-state index contributed by atoms with van der Waals surface area (Å²) in [5.74, 6) is 0.352. The Balaban J connectivity index is 2.42. The van der Waals surface area contributed by atoms with Crippen molar-refractivity contribution in [1.82, 2.24) is 15.2 Å². The second-order valence-corrected chi connectivity index (χ2v) is 2.89. The van der Waals surface area contributed by atoms with Gasteiger partial charge in [-0.05, 0) is 6.07 Å². The van der Waals surface area contributed by atoms with Crippen LogP contribution in [0.15, 0.2) is 30.9 Å². The van der Waals surface area contributed by atoms with E-state index < -0.39 is 0 Å². The van der Waals surface area contributed by atoms with Crippen molar-refractivity contribution < 1.29 is 9.53 Å². The molecule has 0 bridgehead atoms. The van der Waals surface area contributed by atoms with Gasteiger partial charge in [0.05, 0.1) is 24.4 Å². The summed E-state index contributed by atoms with van der Waals surface area (Å²) in [5, 5.41) is 6.30. The van der Waals surface area contributed by atoms with Crippen LogP contribution in [0.4, 0.5) is 0 Å². The van der Waals surface area contributed by atoms with Gasteiger partial charge in [0.2, 0.25) is 5.78 Å². The predicted molar refractivity (Wildman–Crippen MR) is 52.8 cm³/mol. The molecule has 0 fully saturated rings. The van der Waals surface area contributed by atoms with Crippen LogP contribution in [-0.4, -0.2) is 28.1 Å². The van der Waals surface area contributed by atoms with Gasteiger partial charge < -0.3 is 4.74 Å². The second-order valence-electron chi connectivity index (χ2n) is 2.89. The van der Waals surface area contributed by atoms with Gasteiger partial charge in [0.25, 0.3) is 0 Å². The number of carbonyl (C=O) groups is 1. The number of rotatable bonds is 3. The molecule has 0 aliphatic rings. The highest BCUT2D eigenvalue weighted by molar-refractivity contribution is 6.10. The maximum Gasteiger partial charge on any atom is 0.201 e. The van der Waals surface area contributed by atoms with Gasteiger partial charge in [-0.15, -0.1) is 0 Å². The smallest absolute Gasteiger partial charge is 0.201 e. The molecule has 5 nitrogen and oxygen atoms in total. The molecule has 0 unspecified atom stereocenters. The first kappa shape index (κ1) is 9.39. The van der Waals surface area contributed by atoms with E-state index in [4.69, 9.17) is 4.74 Å². The molecular weight excluding hydrogens is 194 g/mol. The normalized spacial score (nSPS) is 9.93. The van der Waals surface area contributed by atoms with Gasteiger partial charge in [0, 0.05) is 18.6 Å². The second kappa shape index (κ2) is 3.91. The van der Waals surface area contributed by atoms with Crippen LogP contribution >= 0.6 is 0 Å².